The number of nitrogens with two attached hydrogens (primary N) is 1. The lowest BCUT2D eigenvalue weighted by Gasteiger charge is -2.23. The minimum atomic E-state index is 0.509. The Kier molecular flexibility index (Phi) is 4.55. The monoisotopic (exact) mass is 305 g/mol. The van der Waals surface area contributed by atoms with Gasteiger partial charge in [-0.25, -0.2) is 10.8 Å². The van der Waals surface area contributed by atoms with Crippen LogP contribution in [-0.2, 0) is 0 Å². The number of fused-ring (bicyclic) bond motifs is 1. The zero-order valence-electron chi connectivity index (χ0n) is 12.5. The van der Waals surface area contributed by atoms with Gasteiger partial charge < -0.3 is 4.90 Å². The van der Waals surface area contributed by atoms with E-state index in [2.05, 4.69) is 38.7 Å². The summed E-state index contributed by atoms with van der Waals surface area (Å²) in [6, 6.07) is 2.12. The summed E-state index contributed by atoms with van der Waals surface area (Å²) in [4.78, 5) is 12.4. The number of nitrogens with zero attached hydrogens (tertiary/aromatic N) is 3. The zero-order valence-corrected chi connectivity index (χ0v) is 13.3. The first kappa shape index (κ1) is 14.5. The highest BCUT2D eigenvalue weighted by atomic mass is 32.1. The number of nitrogen functional groups attached to an aromatic ring is 1. The van der Waals surface area contributed by atoms with Crippen molar-refractivity contribution in [3.05, 3.63) is 11.4 Å². The van der Waals surface area contributed by atoms with E-state index in [-0.39, 0.29) is 0 Å². The van der Waals surface area contributed by atoms with Crippen molar-refractivity contribution in [3.63, 3.8) is 0 Å². The van der Waals surface area contributed by atoms with Crippen molar-refractivity contribution in [3.8, 4) is 0 Å². The molecule has 0 saturated carbocycles. The van der Waals surface area contributed by atoms with Gasteiger partial charge in [0, 0.05) is 13.1 Å². The quantitative estimate of drug-likeness (QED) is 0.669. The molecule has 0 amide bonds. The second-order valence-corrected chi connectivity index (χ2v) is 6.62. The molecule has 2 aromatic heterocycles. The average molecular weight is 305 g/mol. The normalized spacial score (nSPS) is 19.7. The molecule has 6 heteroatoms. The first-order valence-corrected chi connectivity index (χ1v) is 8.66. The maximum atomic E-state index is 5.51. The molecule has 0 radical (unpaired) electrons. The molecule has 2 aromatic rings. The van der Waals surface area contributed by atoms with Gasteiger partial charge in [-0.2, -0.15) is 4.98 Å². The molecule has 3 heterocycles. The summed E-state index contributed by atoms with van der Waals surface area (Å²) >= 11 is 1.64. The predicted molar refractivity (Wildman–Crippen MR) is 89.7 cm³/mol. The first-order chi connectivity index (χ1) is 10.3. The number of rotatable bonds is 4. The number of hydrogen-bond acceptors (Lipinski definition) is 6. The molecule has 1 aliphatic heterocycles. The van der Waals surface area contributed by atoms with Crippen molar-refractivity contribution in [1.29, 1.82) is 0 Å². The molecule has 5 nitrogen and oxygen atoms in total. The Balaban J connectivity index is 1.87. The lowest BCUT2D eigenvalue weighted by atomic mass is 9.96. The molecule has 0 spiro atoms. The highest BCUT2D eigenvalue weighted by molar-refractivity contribution is 7.16. The molecule has 114 valence electrons. The van der Waals surface area contributed by atoms with Crippen molar-refractivity contribution in [1.82, 2.24) is 9.97 Å². The van der Waals surface area contributed by atoms with Crippen LogP contribution >= 0.6 is 11.3 Å². The summed E-state index contributed by atoms with van der Waals surface area (Å²) < 4.78 is 0. The molecule has 1 fully saturated rings. The van der Waals surface area contributed by atoms with Gasteiger partial charge in [-0.15, -0.1) is 11.3 Å². The van der Waals surface area contributed by atoms with Gasteiger partial charge in [-0.05, 0) is 36.6 Å². The largest absolute Gasteiger partial charge is 0.356 e. The molecule has 1 atom stereocenters. The van der Waals surface area contributed by atoms with E-state index in [1.54, 1.807) is 11.3 Å². The number of anilines is 2. The Morgan fingerprint density at radius 3 is 3.10 bits per heavy atom. The van der Waals surface area contributed by atoms with Crippen molar-refractivity contribution < 1.29 is 0 Å². The van der Waals surface area contributed by atoms with Crippen LogP contribution in [0, 0.1) is 5.92 Å². The molecule has 1 unspecified atom stereocenters. The van der Waals surface area contributed by atoms with Crippen LogP contribution in [0.3, 0.4) is 0 Å². The summed E-state index contributed by atoms with van der Waals surface area (Å²) in [6.07, 6.45) is 6.47. The zero-order chi connectivity index (χ0) is 14.7. The van der Waals surface area contributed by atoms with E-state index in [0.29, 0.717) is 5.95 Å². The molecular formula is C15H23N5S. The van der Waals surface area contributed by atoms with Gasteiger partial charge in [0.25, 0.3) is 0 Å². The van der Waals surface area contributed by atoms with E-state index in [1.165, 1.54) is 32.1 Å². The third-order valence-electron chi connectivity index (χ3n) is 4.28. The second-order valence-electron chi connectivity index (χ2n) is 5.73. The second kappa shape index (κ2) is 6.58. The smallest absolute Gasteiger partial charge is 0.240 e. The van der Waals surface area contributed by atoms with Gasteiger partial charge in [-0.3, -0.25) is 5.43 Å². The van der Waals surface area contributed by atoms with Gasteiger partial charge in [-0.1, -0.05) is 19.8 Å². The molecule has 1 saturated heterocycles. The molecular weight excluding hydrogens is 282 g/mol. The van der Waals surface area contributed by atoms with Gasteiger partial charge in [0.1, 0.15) is 10.6 Å². The average Bonchev–Trinajstić information content (AvgIpc) is 2.86. The number of hydrogen-bond donors (Lipinski definition) is 2. The van der Waals surface area contributed by atoms with Crippen LogP contribution in [0.5, 0.6) is 0 Å². The Hall–Kier alpha value is -1.40. The van der Waals surface area contributed by atoms with Crippen molar-refractivity contribution in [2.24, 2.45) is 11.8 Å². The maximum Gasteiger partial charge on any atom is 0.240 e. The van der Waals surface area contributed by atoms with E-state index < -0.39 is 0 Å². The van der Waals surface area contributed by atoms with E-state index in [9.17, 15) is 0 Å². The van der Waals surface area contributed by atoms with E-state index in [0.717, 1.165) is 35.0 Å². The van der Waals surface area contributed by atoms with Crippen LogP contribution in [0.25, 0.3) is 10.2 Å². The third kappa shape index (κ3) is 3.11. The third-order valence-corrected chi connectivity index (χ3v) is 5.08. The molecule has 3 rings (SSSR count). The Bertz CT molecular complexity index is 597. The van der Waals surface area contributed by atoms with Crippen molar-refractivity contribution in [2.75, 3.05) is 23.4 Å². The molecule has 0 aromatic carbocycles. The summed E-state index contributed by atoms with van der Waals surface area (Å²) in [5, 5.41) is 3.22. The fraction of sp³-hybridized carbons (Fsp3) is 0.600. The predicted octanol–water partition coefficient (Wildman–Crippen LogP) is 3.38. The topological polar surface area (TPSA) is 67.1 Å². The molecule has 0 aliphatic carbocycles. The van der Waals surface area contributed by atoms with Gasteiger partial charge in [0.05, 0.1) is 5.39 Å². The van der Waals surface area contributed by atoms with Crippen LogP contribution in [0.2, 0.25) is 0 Å². The van der Waals surface area contributed by atoms with Crippen LogP contribution in [0.1, 0.15) is 39.0 Å². The summed E-state index contributed by atoms with van der Waals surface area (Å²) in [6.45, 7) is 4.43. The molecule has 21 heavy (non-hydrogen) atoms. The fourth-order valence-corrected chi connectivity index (χ4v) is 3.98. The Labute approximate surface area is 129 Å². The van der Waals surface area contributed by atoms with Gasteiger partial charge >= 0.3 is 0 Å². The highest BCUT2D eigenvalue weighted by Gasteiger charge is 2.20. The lowest BCUT2D eigenvalue weighted by Crippen LogP contribution is -2.26. The van der Waals surface area contributed by atoms with Gasteiger partial charge in [0.2, 0.25) is 5.95 Å². The highest BCUT2D eigenvalue weighted by Crippen LogP contribution is 2.31. The minimum Gasteiger partial charge on any atom is -0.356 e. The summed E-state index contributed by atoms with van der Waals surface area (Å²) in [7, 11) is 0. The number of hydrazine groups is 1. The number of aromatic nitrogens is 2. The summed E-state index contributed by atoms with van der Waals surface area (Å²) in [5.41, 5.74) is 2.59. The van der Waals surface area contributed by atoms with Crippen LogP contribution < -0.4 is 16.2 Å². The fourth-order valence-electron chi connectivity index (χ4n) is 3.22. The Morgan fingerprint density at radius 1 is 1.38 bits per heavy atom. The van der Waals surface area contributed by atoms with Crippen molar-refractivity contribution in [2.45, 2.75) is 39.0 Å². The van der Waals surface area contributed by atoms with Gasteiger partial charge in [0.15, 0.2) is 0 Å². The number of thiophene rings is 1. The lowest BCUT2D eigenvalue weighted by molar-refractivity contribution is 0.435. The van der Waals surface area contributed by atoms with Crippen molar-refractivity contribution >= 4 is 33.3 Å². The van der Waals surface area contributed by atoms with Crippen LogP contribution in [0.15, 0.2) is 11.4 Å². The van der Waals surface area contributed by atoms with E-state index in [1.807, 2.05) is 0 Å². The summed E-state index contributed by atoms with van der Waals surface area (Å²) in [5.74, 6) is 7.92. The molecule has 3 N–H and O–H groups in total. The van der Waals surface area contributed by atoms with E-state index >= 15 is 0 Å². The molecule has 0 bridgehead atoms. The minimum absolute atomic E-state index is 0.509. The van der Waals surface area contributed by atoms with Crippen LogP contribution in [0.4, 0.5) is 11.8 Å². The standard InChI is InChI=1S/C15H23N5S/c1-2-4-11-5-3-8-20(9-6-11)13-12-7-10-21-14(12)18-15(17-13)19-16/h7,10-11H,2-6,8-9,16H2,1H3,(H,17,18,19). The SMILES string of the molecule is CCCC1CCCN(c2nc(NN)nc3sccc23)CC1. The van der Waals surface area contributed by atoms with Crippen LogP contribution in [-0.4, -0.2) is 23.1 Å². The Morgan fingerprint density at radius 2 is 2.29 bits per heavy atom. The molecule has 1 aliphatic rings. The maximum absolute atomic E-state index is 5.51. The van der Waals surface area contributed by atoms with E-state index in [4.69, 9.17) is 5.84 Å². The number of nitrogens with one attached hydrogen (secondary N) is 1. The first-order valence-electron chi connectivity index (χ1n) is 7.78.